The molecule has 0 fully saturated rings. The average Bonchev–Trinajstić information content (AvgIpc) is 2.68. The van der Waals surface area contributed by atoms with Gasteiger partial charge in [0.25, 0.3) is 15.9 Å². The topological polar surface area (TPSA) is 98.8 Å². The van der Waals surface area contributed by atoms with Crippen molar-refractivity contribution in [3.8, 4) is 11.5 Å². The summed E-state index contributed by atoms with van der Waals surface area (Å²) >= 11 is 6.24. The fourth-order valence-electron chi connectivity index (χ4n) is 2.50. The number of sulfonamides is 1. The minimum Gasteiger partial charge on any atom is -0.493 e. The van der Waals surface area contributed by atoms with E-state index in [2.05, 4.69) is 13.8 Å². The molecule has 7 nitrogen and oxygen atoms in total. The molecular weight excluding hydrogens is 430 g/mol. The van der Waals surface area contributed by atoms with Gasteiger partial charge < -0.3 is 9.47 Å². The molecule has 9 heteroatoms. The Morgan fingerprint density at radius 2 is 1.73 bits per heavy atom. The number of Topliss-reactive ketones (excluding diaryl/α,β-unsaturated/α-hetero) is 1. The monoisotopic (exact) mass is 453 g/mol. The van der Waals surface area contributed by atoms with Gasteiger partial charge in [0.2, 0.25) is 0 Å². The highest BCUT2D eigenvalue weighted by Gasteiger charge is 2.22. The summed E-state index contributed by atoms with van der Waals surface area (Å²) < 4.78 is 37.9. The van der Waals surface area contributed by atoms with Crippen molar-refractivity contribution in [3.63, 3.8) is 0 Å². The van der Waals surface area contributed by atoms with Crippen LogP contribution in [0.1, 0.15) is 47.9 Å². The number of ether oxygens (including phenoxy) is 2. The quantitative estimate of drug-likeness (QED) is 0.574. The Bertz CT molecular complexity index is 1030. The number of methoxy groups -OCH3 is 1. The zero-order chi connectivity index (χ0) is 22.5. The Morgan fingerprint density at radius 3 is 2.27 bits per heavy atom. The molecule has 0 aliphatic carbocycles. The molecule has 2 aromatic carbocycles. The number of amides is 1. The Morgan fingerprint density at radius 1 is 1.10 bits per heavy atom. The predicted molar refractivity (Wildman–Crippen MR) is 114 cm³/mol. The first-order valence-electron chi connectivity index (χ1n) is 9.23. The number of carbonyl (C=O) groups is 2. The molecule has 0 unspecified atom stereocenters. The third-order valence-corrected chi connectivity index (χ3v) is 5.86. The summed E-state index contributed by atoms with van der Waals surface area (Å²) in [5.74, 6) is -0.117. The van der Waals surface area contributed by atoms with Gasteiger partial charge in [0, 0.05) is 11.1 Å². The van der Waals surface area contributed by atoms with Crippen molar-refractivity contribution in [2.75, 3.05) is 13.7 Å². The Labute approximate surface area is 181 Å². The molecule has 0 heterocycles. The molecule has 2 aromatic rings. The lowest BCUT2D eigenvalue weighted by atomic mass is 10.1. The van der Waals surface area contributed by atoms with Crippen LogP contribution in [0.4, 0.5) is 0 Å². The number of carbonyl (C=O) groups excluding carboxylic acids is 2. The summed E-state index contributed by atoms with van der Waals surface area (Å²) in [4.78, 5) is 23.7. The van der Waals surface area contributed by atoms with E-state index in [1.54, 1.807) is 0 Å². The summed E-state index contributed by atoms with van der Waals surface area (Å²) in [6, 6.07) is 7.95. The Balaban J connectivity index is 2.23. The molecule has 0 saturated carbocycles. The maximum atomic E-state index is 12.5. The van der Waals surface area contributed by atoms with Crippen LogP contribution in [0.15, 0.2) is 41.3 Å². The van der Waals surface area contributed by atoms with Gasteiger partial charge in [-0.25, -0.2) is 13.1 Å². The van der Waals surface area contributed by atoms with E-state index in [1.807, 2.05) is 4.72 Å². The van der Waals surface area contributed by atoms with Crippen molar-refractivity contribution in [1.29, 1.82) is 0 Å². The second kappa shape index (κ2) is 9.95. The highest BCUT2D eigenvalue weighted by molar-refractivity contribution is 7.90. The van der Waals surface area contributed by atoms with E-state index in [4.69, 9.17) is 21.1 Å². The molecule has 0 spiro atoms. The van der Waals surface area contributed by atoms with Gasteiger partial charge in [0.1, 0.15) is 0 Å². The molecular formula is C21H24ClNO6S. The number of nitrogens with one attached hydrogen (secondary N) is 1. The lowest BCUT2D eigenvalue weighted by Crippen LogP contribution is -2.30. The second-order valence-corrected chi connectivity index (χ2v) is 9.13. The summed E-state index contributed by atoms with van der Waals surface area (Å²) in [5.41, 5.74) is 0.363. The van der Waals surface area contributed by atoms with E-state index in [9.17, 15) is 18.0 Å². The fourth-order valence-corrected chi connectivity index (χ4v) is 3.74. The van der Waals surface area contributed by atoms with Crippen molar-refractivity contribution in [2.45, 2.75) is 32.1 Å². The highest BCUT2D eigenvalue weighted by Crippen LogP contribution is 2.36. The van der Waals surface area contributed by atoms with Gasteiger partial charge in [-0.1, -0.05) is 37.6 Å². The first kappa shape index (κ1) is 23.7. The fraction of sp³-hybridized carbons (Fsp3) is 0.333. The minimum absolute atomic E-state index is 0.00279. The molecule has 0 aliphatic heterocycles. The molecule has 2 rings (SSSR count). The van der Waals surface area contributed by atoms with Crippen molar-refractivity contribution in [3.05, 3.63) is 52.5 Å². The standard InChI is InChI=1S/C21H24ClNO6S/c1-13(2)9-10-29-20-18(22)11-16(12-19(20)28-4)21(25)23-30(26,27)17-7-5-15(6-8-17)14(3)24/h5-8,11-13H,9-10H2,1-4H3,(H,23,25). The number of rotatable bonds is 9. The number of ketones is 1. The van der Waals surface area contributed by atoms with Gasteiger partial charge >= 0.3 is 0 Å². The first-order valence-corrected chi connectivity index (χ1v) is 11.1. The highest BCUT2D eigenvalue weighted by atomic mass is 35.5. The van der Waals surface area contributed by atoms with E-state index in [1.165, 1.54) is 50.4 Å². The van der Waals surface area contributed by atoms with Crippen molar-refractivity contribution in [2.24, 2.45) is 5.92 Å². The van der Waals surface area contributed by atoms with Crippen LogP contribution in [0.2, 0.25) is 5.02 Å². The molecule has 0 aromatic heterocycles. The summed E-state index contributed by atoms with van der Waals surface area (Å²) in [6.07, 6.45) is 0.808. The second-order valence-electron chi connectivity index (χ2n) is 7.04. The zero-order valence-electron chi connectivity index (χ0n) is 17.2. The normalized spacial score (nSPS) is 11.3. The molecule has 0 aliphatic rings. The van der Waals surface area contributed by atoms with Crippen LogP contribution >= 0.6 is 11.6 Å². The number of benzene rings is 2. The van der Waals surface area contributed by atoms with Crippen LogP contribution in [-0.2, 0) is 10.0 Å². The van der Waals surface area contributed by atoms with Gasteiger partial charge in [-0.05, 0) is 43.5 Å². The molecule has 0 atom stereocenters. The maximum absolute atomic E-state index is 12.5. The average molecular weight is 454 g/mol. The predicted octanol–water partition coefficient (Wildman–Crippen LogP) is 4.09. The summed E-state index contributed by atoms with van der Waals surface area (Å²) in [7, 11) is -2.74. The largest absolute Gasteiger partial charge is 0.493 e. The number of hydrogen-bond donors (Lipinski definition) is 1. The molecule has 162 valence electrons. The molecule has 0 radical (unpaired) electrons. The lowest BCUT2D eigenvalue weighted by molar-refractivity contribution is 0.0978. The van der Waals surface area contributed by atoms with Crippen molar-refractivity contribution in [1.82, 2.24) is 4.72 Å². The SMILES string of the molecule is COc1cc(C(=O)NS(=O)(=O)c2ccc(C(C)=O)cc2)cc(Cl)c1OCCC(C)C. The zero-order valence-corrected chi connectivity index (χ0v) is 18.8. The van der Waals surface area contributed by atoms with Gasteiger partial charge in [0.05, 0.1) is 23.6 Å². The molecule has 1 amide bonds. The van der Waals surface area contributed by atoms with E-state index >= 15 is 0 Å². The van der Waals surface area contributed by atoms with Crippen LogP contribution in [0.25, 0.3) is 0 Å². The third-order valence-electron chi connectivity index (χ3n) is 4.23. The van der Waals surface area contributed by atoms with Crippen molar-refractivity contribution < 1.29 is 27.5 Å². The Hall–Kier alpha value is -2.58. The van der Waals surface area contributed by atoms with E-state index in [0.29, 0.717) is 23.8 Å². The summed E-state index contributed by atoms with van der Waals surface area (Å²) in [6.45, 7) is 5.91. The van der Waals surface area contributed by atoms with Gasteiger partial charge in [0.15, 0.2) is 17.3 Å². The minimum atomic E-state index is -4.14. The molecule has 0 bridgehead atoms. The Kier molecular flexibility index (Phi) is 7.86. The first-order chi connectivity index (χ1) is 14.0. The van der Waals surface area contributed by atoms with Gasteiger partial charge in [-0.2, -0.15) is 0 Å². The number of hydrogen-bond acceptors (Lipinski definition) is 6. The molecule has 1 N–H and O–H groups in total. The van der Waals surface area contributed by atoms with E-state index in [-0.39, 0.29) is 27.0 Å². The van der Waals surface area contributed by atoms with Crippen LogP contribution < -0.4 is 14.2 Å². The summed E-state index contributed by atoms with van der Waals surface area (Å²) in [5, 5.41) is 0.131. The maximum Gasteiger partial charge on any atom is 0.265 e. The van der Waals surface area contributed by atoms with Crippen LogP contribution in [0.3, 0.4) is 0 Å². The molecule has 0 saturated heterocycles. The van der Waals surface area contributed by atoms with E-state index in [0.717, 1.165) is 6.42 Å². The third kappa shape index (κ3) is 5.96. The van der Waals surface area contributed by atoms with Crippen molar-refractivity contribution >= 4 is 33.3 Å². The molecule has 30 heavy (non-hydrogen) atoms. The smallest absolute Gasteiger partial charge is 0.265 e. The van der Waals surface area contributed by atoms with Crippen LogP contribution in [0.5, 0.6) is 11.5 Å². The van der Waals surface area contributed by atoms with Crippen LogP contribution in [-0.4, -0.2) is 33.8 Å². The number of halogens is 1. The van der Waals surface area contributed by atoms with Gasteiger partial charge in [-0.3, -0.25) is 9.59 Å². The van der Waals surface area contributed by atoms with Gasteiger partial charge in [-0.15, -0.1) is 0 Å². The lowest BCUT2D eigenvalue weighted by Gasteiger charge is -2.15. The van der Waals surface area contributed by atoms with E-state index < -0.39 is 15.9 Å². The van der Waals surface area contributed by atoms with Crippen LogP contribution in [0, 0.1) is 5.92 Å².